The molecule has 0 unspecified atom stereocenters. The lowest BCUT2D eigenvalue weighted by Crippen LogP contribution is -2.57. The Morgan fingerprint density at radius 3 is 2.65 bits per heavy atom. The third-order valence-electron chi connectivity index (χ3n) is 3.97. The average molecular weight is 275 g/mol. The molecule has 0 spiro atoms. The number of nitrogens with two attached hydrogens (primary N) is 1. The predicted molar refractivity (Wildman–Crippen MR) is 77.4 cm³/mol. The standard InChI is InChI=1S/C15H21N3O2/c1-11-9-15(10-11,13(16)18-20)14(19)17-8-7-12-5-3-2-4-6-12/h2-6,11,20H,7-10H2,1H3,(H2,16,18)(H,17,19). The van der Waals surface area contributed by atoms with E-state index in [1.807, 2.05) is 30.3 Å². The maximum Gasteiger partial charge on any atom is 0.233 e. The van der Waals surface area contributed by atoms with Gasteiger partial charge < -0.3 is 16.3 Å². The summed E-state index contributed by atoms with van der Waals surface area (Å²) in [6, 6.07) is 9.96. The minimum absolute atomic E-state index is 0.0211. The zero-order chi connectivity index (χ0) is 14.6. The minimum atomic E-state index is -0.815. The molecule has 0 radical (unpaired) electrons. The Balaban J connectivity index is 1.90. The summed E-state index contributed by atoms with van der Waals surface area (Å²) in [5.41, 5.74) is 6.06. The molecule has 0 heterocycles. The number of benzene rings is 1. The van der Waals surface area contributed by atoms with Gasteiger partial charge in [0.1, 0.15) is 5.41 Å². The lowest BCUT2D eigenvalue weighted by molar-refractivity contribution is -0.133. The molecule has 108 valence electrons. The predicted octanol–water partition coefficient (Wildman–Crippen LogP) is 1.51. The monoisotopic (exact) mass is 275 g/mol. The molecule has 1 aromatic carbocycles. The Hall–Kier alpha value is -2.04. The van der Waals surface area contributed by atoms with Crippen LogP contribution in [0.1, 0.15) is 25.3 Å². The molecule has 0 saturated heterocycles. The molecule has 0 aromatic heterocycles. The molecule has 5 heteroatoms. The summed E-state index contributed by atoms with van der Waals surface area (Å²) in [6.45, 7) is 2.61. The smallest absolute Gasteiger partial charge is 0.233 e. The first-order valence-corrected chi connectivity index (χ1v) is 6.89. The maximum atomic E-state index is 12.3. The van der Waals surface area contributed by atoms with Crippen molar-refractivity contribution >= 4 is 11.7 Å². The van der Waals surface area contributed by atoms with Gasteiger partial charge in [0.05, 0.1) is 0 Å². The topological polar surface area (TPSA) is 87.7 Å². The van der Waals surface area contributed by atoms with Gasteiger partial charge in [-0.1, -0.05) is 42.4 Å². The Morgan fingerprint density at radius 1 is 1.45 bits per heavy atom. The van der Waals surface area contributed by atoms with Crippen molar-refractivity contribution in [1.29, 1.82) is 0 Å². The number of nitrogens with zero attached hydrogens (tertiary/aromatic N) is 1. The number of carbonyl (C=O) groups is 1. The van der Waals surface area contributed by atoms with E-state index < -0.39 is 5.41 Å². The van der Waals surface area contributed by atoms with E-state index in [-0.39, 0.29) is 11.7 Å². The van der Waals surface area contributed by atoms with Crippen molar-refractivity contribution in [3.8, 4) is 0 Å². The minimum Gasteiger partial charge on any atom is -0.409 e. The van der Waals surface area contributed by atoms with Gasteiger partial charge in [0.2, 0.25) is 5.91 Å². The van der Waals surface area contributed by atoms with E-state index in [1.54, 1.807) is 0 Å². The number of rotatable bonds is 5. The fourth-order valence-corrected chi connectivity index (χ4v) is 2.87. The van der Waals surface area contributed by atoms with Crippen molar-refractivity contribution in [3.63, 3.8) is 0 Å². The van der Waals surface area contributed by atoms with E-state index in [4.69, 9.17) is 10.9 Å². The molecular formula is C15H21N3O2. The highest BCUT2D eigenvalue weighted by Gasteiger charge is 2.51. The highest BCUT2D eigenvalue weighted by atomic mass is 16.4. The Labute approximate surface area is 118 Å². The summed E-state index contributed by atoms with van der Waals surface area (Å²) in [5, 5.41) is 14.8. The average Bonchev–Trinajstić information content (AvgIpc) is 2.43. The highest BCUT2D eigenvalue weighted by molar-refractivity contribution is 6.07. The second-order valence-electron chi connectivity index (χ2n) is 5.57. The highest BCUT2D eigenvalue weighted by Crippen LogP contribution is 2.45. The second kappa shape index (κ2) is 5.94. The molecule has 20 heavy (non-hydrogen) atoms. The van der Waals surface area contributed by atoms with Gasteiger partial charge in [0.25, 0.3) is 0 Å². The van der Waals surface area contributed by atoms with Crippen LogP contribution >= 0.6 is 0 Å². The van der Waals surface area contributed by atoms with Crippen LogP contribution in [-0.2, 0) is 11.2 Å². The number of hydrogen-bond acceptors (Lipinski definition) is 3. The summed E-state index contributed by atoms with van der Waals surface area (Å²) in [6.07, 6.45) is 2.05. The van der Waals surface area contributed by atoms with E-state index >= 15 is 0 Å². The first-order valence-electron chi connectivity index (χ1n) is 6.89. The van der Waals surface area contributed by atoms with Gasteiger partial charge in [-0.15, -0.1) is 0 Å². The van der Waals surface area contributed by atoms with Gasteiger partial charge in [-0.05, 0) is 30.7 Å². The molecule has 0 atom stereocenters. The summed E-state index contributed by atoms with van der Waals surface area (Å²) < 4.78 is 0. The van der Waals surface area contributed by atoms with Gasteiger partial charge in [-0.3, -0.25) is 4.79 Å². The second-order valence-corrected chi connectivity index (χ2v) is 5.57. The van der Waals surface area contributed by atoms with E-state index in [9.17, 15) is 4.79 Å². The van der Waals surface area contributed by atoms with Gasteiger partial charge in [-0.25, -0.2) is 0 Å². The summed E-state index contributed by atoms with van der Waals surface area (Å²) in [4.78, 5) is 12.3. The maximum absolute atomic E-state index is 12.3. The van der Waals surface area contributed by atoms with Crippen LogP contribution in [0.4, 0.5) is 0 Å². The van der Waals surface area contributed by atoms with E-state index in [2.05, 4.69) is 17.4 Å². The lowest BCUT2D eigenvalue weighted by atomic mass is 9.61. The van der Waals surface area contributed by atoms with Crippen molar-refractivity contribution in [1.82, 2.24) is 5.32 Å². The molecule has 0 bridgehead atoms. The van der Waals surface area contributed by atoms with Crippen LogP contribution in [0.25, 0.3) is 0 Å². The molecule has 1 aliphatic rings. The quantitative estimate of drug-likeness (QED) is 0.329. The largest absolute Gasteiger partial charge is 0.409 e. The van der Waals surface area contributed by atoms with Gasteiger partial charge in [0.15, 0.2) is 5.84 Å². The van der Waals surface area contributed by atoms with Crippen LogP contribution in [0.2, 0.25) is 0 Å². The van der Waals surface area contributed by atoms with Crippen molar-refractivity contribution in [2.24, 2.45) is 22.2 Å². The first-order chi connectivity index (χ1) is 9.58. The summed E-state index contributed by atoms with van der Waals surface area (Å²) >= 11 is 0. The van der Waals surface area contributed by atoms with Gasteiger partial charge >= 0.3 is 0 Å². The first kappa shape index (κ1) is 14.4. The molecule has 5 nitrogen and oxygen atoms in total. The third kappa shape index (κ3) is 2.76. The lowest BCUT2D eigenvalue weighted by Gasteiger charge is -2.43. The zero-order valence-corrected chi connectivity index (χ0v) is 11.7. The number of oxime groups is 1. The van der Waals surface area contributed by atoms with E-state index in [1.165, 1.54) is 5.56 Å². The number of amidine groups is 1. The van der Waals surface area contributed by atoms with E-state index in [0.717, 1.165) is 6.42 Å². The van der Waals surface area contributed by atoms with E-state index in [0.29, 0.717) is 25.3 Å². The normalized spacial score (nSPS) is 25.9. The Kier molecular flexibility index (Phi) is 4.27. The van der Waals surface area contributed by atoms with Crippen LogP contribution in [0.3, 0.4) is 0 Å². The van der Waals surface area contributed by atoms with Crippen molar-refractivity contribution in [3.05, 3.63) is 35.9 Å². The number of nitrogens with one attached hydrogen (secondary N) is 1. The van der Waals surface area contributed by atoms with Crippen LogP contribution in [0, 0.1) is 11.3 Å². The molecule has 1 aliphatic carbocycles. The molecule has 1 amide bonds. The zero-order valence-electron chi connectivity index (χ0n) is 11.7. The van der Waals surface area contributed by atoms with Crippen LogP contribution in [-0.4, -0.2) is 23.5 Å². The molecule has 2 rings (SSSR count). The number of amides is 1. The SMILES string of the molecule is CC1CC(C(=O)NCCc2ccccc2)(/C(N)=N/O)C1. The molecule has 1 saturated carbocycles. The third-order valence-corrected chi connectivity index (χ3v) is 3.97. The van der Waals surface area contributed by atoms with Crippen molar-refractivity contribution in [2.45, 2.75) is 26.2 Å². The van der Waals surface area contributed by atoms with Gasteiger partial charge in [-0.2, -0.15) is 0 Å². The fraction of sp³-hybridized carbons (Fsp3) is 0.467. The van der Waals surface area contributed by atoms with Crippen LogP contribution < -0.4 is 11.1 Å². The summed E-state index contributed by atoms with van der Waals surface area (Å²) in [7, 11) is 0. The van der Waals surface area contributed by atoms with Crippen LogP contribution in [0.15, 0.2) is 35.5 Å². The number of carbonyl (C=O) groups excluding carboxylic acids is 1. The fourth-order valence-electron chi connectivity index (χ4n) is 2.87. The molecule has 0 aliphatic heterocycles. The summed E-state index contributed by atoms with van der Waals surface area (Å²) in [5.74, 6) is 0.310. The Morgan fingerprint density at radius 2 is 2.10 bits per heavy atom. The van der Waals surface area contributed by atoms with Crippen LogP contribution in [0.5, 0.6) is 0 Å². The van der Waals surface area contributed by atoms with Gasteiger partial charge in [0, 0.05) is 6.54 Å². The molecular weight excluding hydrogens is 254 g/mol. The molecule has 4 N–H and O–H groups in total. The Bertz CT molecular complexity index is 493. The molecule has 1 aromatic rings. The molecule has 1 fully saturated rings. The number of hydrogen-bond donors (Lipinski definition) is 3. The van der Waals surface area contributed by atoms with Crippen molar-refractivity contribution < 1.29 is 10.0 Å². The van der Waals surface area contributed by atoms with Crippen molar-refractivity contribution in [2.75, 3.05) is 6.54 Å².